The van der Waals surface area contributed by atoms with E-state index in [4.69, 9.17) is 9.47 Å². The average Bonchev–Trinajstić information content (AvgIpc) is 3.44. The van der Waals surface area contributed by atoms with Crippen LogP contribution in [0.2, 0.25) is 0 Å². The number of unbranched alkanes of at least 4 members (excludes halogenated alkanes) is 20. The Morgan fingerprint density at radius 2 is 0.513 bits per heavy atom. The van der Waals surface area contributed by atoms with Crippen LogP contribution >= 0.6 is 0 Å². The Morgan fingerprint density at radius 1 is 0.295 bits per heavy atom. The Hall–Kier alpha value is -4.74. The number of rotatable bonds is 56. The lowest BCUT2D eigenvalue weighted by molar-refractivity contribution is -0.161. The molecule has 0 bridgehead atoms. The monoisotopic (exact) mass is 1070 g/mol. The number of ether oxygens (including phenoxy) is 2. The molecule has 5 heteroatoms. The van der Waals surface area contributed by atoms with Crippen LogP contribution in [0.25, 0.3) is 0 Å². The lowest BCUT2D eigenvalue weighted by Crippen LogP contribution is -2.28. The molecule has 5 nitrogen and oxygen atoms in total. The van der Waals surface area contributed by atoms with Crippen LogP contribution < -0.4 is 0 Å². The first-order valence-corrected chi connectivity index (χ1v) is 31.7. The fourth-order valence-electron chi connectivity index (χ4n) is 8.34. The molecule has 1 N–H and O–H groups in total. The van der Waals surface area contributed by atoms with E-state index < -0.39 is 6.10 Å². The Labute approximate surface area is 481 Å². The molecule has 0 heterocycles. The van der Waals surface area contributed by atoms with Crippen molar-refractivity contribution in [3.8, 4) is 0 Å². The maximum Gasteiger partial charge on any atom is 0.306 e. The zero-order chi connectivity index (χ0) is 56.2. The summed E-state index contributed by atoms with van der Waals surface area (Å²) in [5.74, 6) is -0.612. The normalized spacial score (nSPS) is 13.4. The molecule has 0 saturated heterocycles. The number of hydrogen-bond donors (Lipinski definition) is 1. The minimum Gasteiger partial charge on any atom is -0.462 e. The van der Waals surface area contributed by atoms with Crippen molar-refractivity contribution in [3.05, 3.63) is 170 Å². The fourth-order valence-corrected chi connectivity index (χ4v) is 8.34. The second kappa shape index (κ2) is 66.5. The molecule has 0 aromatic carbocycles. The zero-order valence-corrected chi connectivity index (χ0v) is 50.1. The van der Waals surface area contributed by atoms with Crippen molar-refractivity contribution in [1.82, 2.24) is 0 Å². The number of allylic oxidation sites excluding steroid dienone is 28. The maximum absolute atomic E-state index is 12.3. The van der Waals surface area contributed by atoms with E-state index in [2.05, 4.69) is 184 Å². The molecule has 1 atom stereocenters. The molecule has 0 fully saturated rings. The van der Waals surface area contributed by atoms with Gasteiger partial charge in [-0.05, 0) is 128 Å². The topological polar surface area (TPSA) is 72.8 Å². The van der Waals surface area contributed by atoms with Crippen LogP contribution in [0.3, 0.4) is 0 Å². The molecule has 0 spiro atoms. The Balaban J connectivity index is 3.59. The fraction of sp³-hybridized carbons (Fsp3) is 0.589. The van der Waals surface area contributed by atoms with E-state index in [9.17, 15) is 14.7 Å². The van der Waals surface area contributed by atoms with Gasteiger partial charge in [-0.1, -0.05) is 287 Å². The first-order chi connectivity index (χ1) is 38.6. The van der Waals surface area contributed by atoms with Crippen molar-refractivity contribution >= 4 is 11.9 Å². The van der Waals surface area contributed by atoms with E-state index in [-0.39, 0.29) is 25.2 Å². The number of carbonyl (C=O) groups excluding carboxylic acids is 2. The van der Waals surface area contributed by atoms with Crippen LogP contribution in [-0.2, 0) is 19.1 Å². The van der Waals surface area contributed by atoms with Gasteiger partial charge in [0.2, 0.25) is 0 Å². The third-order valence-electron chi connectivity index (χ3n) is 13.0. The molecule has 0 aliphatic carbocycles. The van der Waals surface area contributed by atoms with Gasteiger partial charge in [-0.15, -0.1) is 0 Å². The smallest absolute Gasteiger partial charge is 0.306 e. The van der Waals surface area contributed by atoms with Crippen molar-refractivity contribution < 1.29 is 24.2 Å². The van der Waals surface area contributed by atoms with Crippen molar-refractivity contribution in [2.75, 3.05) is 13.2 Å². The Bertz CT molecular complexity index is 1740. The van der Waals surface area contributed by atoms with E-state index in [1.54, 1.807) is 0 Å². The van der Waals surface area contributed by atoms with Crippen molar-refractivity contribution in [1.29, 1.82) is 0 Å². The third kappa shape index (κ3) is 63.8. The molecule has 0 aromatic heterocycles. The molecule has 0 aromatic rings. The molecular formula is C73H116O5. The maximum atomic E-state index is 12.3. The molecule has 1 unspecified atom stereocenters. The second-order valence-corrected chi connectivity index (χ2v) is 20.4. The van der Waals surface area contributed by atoms with Gasteiger partial charge in [-0.3, -0.25) is 9.59 Å². The van der Waals surface area contributed by atoms with Gasteiger partial charge in [-0.2, -0.15) is 0 Å². The zero-order valence-electron chi connectivity index (χ0n) is 50.1. The van der Waals surface area contributed by atoms with Crippen LogP contribution in [0.1, 0.15) is 258 Å². The van der Waals surface area contributed by atoms with Gasteiger partial charge in [0.25, 0.3) is 0 Å². The quantitative estimate of drug-likeness (QED) is 0.0373. The number of carbonyl (C=O) groups is 2. The van der Waals surface area contributed by atoms with E-state index in [0.29, 0.717) is 12.8 Å². The van der Waals surface area contributed by atoms with Crippen LogP contribution in [0.4, 0.5) is 0 Å². The summed E-state index contributed by atoms with van der Waals surface area (Å²) in [7, 11) is 0. The van der Waals surface area contributed by atoms with Gasteiger partial charge in [-0.25, -0.2) is 0 Å². The minimum absolute atomic E-state index is 0.0809. The predicted molar refractivity (Wildman–Crippen MR) is 343 cm³/mol. The highest BCUT2D eigenvalue weighted by Crippen LogP contribution is 2.15. The number of aliphatic hydroxyl groups excluding tert-OH is 1. The molecule has 0 saturated carbocycles. The van der Waals surface area contributed by atoms with Crippen LogP contribution in [0.5, 0.6) is 0 Å². The summed E-state index contributed by atoms with van der Waals surface area (Å²) in [4.78, 5) is 24.6. The average molecular weight is 1070 g/mol. The van der Waals surface area contributed by atoms with Gasteiger partial charge in [0.05, 0.1) is 6.61 Å². The third-order valence-corrected chi connectivity index (χ3v) is 13.0. The number of esters is 2. The summed E-state index contributed by atoms with van der Waals surface area (Å²) in [6.07, 6.45) is 103. The molecule has 0 aliphatic heterocycles. The molecule has 0 radical (unpaired) electrons. The Kier molecular flexibility index (Phi) is 62.5. The lowest BCUT2D eigenvalue weighted by Gasteiger charge is -2.15. The first-order valence-electron chi connectivity index (χ1n) is 31.7. The van der Waals surface area contributed by atoms with Crippen LogP contribution in [0.15, 0.2) is 170 Å². The molecular weight excluding hydrogens is 957 g/mol. The van der Waals surface area contributed by atoms with E-state index in [1.165, 1.54) is 96.3 Å². The molecule has 0 rings (SSSR count). The van der Waals surface area contributed by atoms with Crippen molar-refractivity contribution in [2.45, 2.75) is 264 Å². The van der Waals surface area contributed by atoms with Gasteiger partial charge in [0.1, 0.15) is 6.61 Å². The first kappa shape index (κ1) is 73.3. The molecule has 0 aliphatic rings. The van der Waals surface area contributed by atoms with Gasteiger partial charge in [0, 0.05) is 12.8 Å². The van der Waals surface area contributed by atoms with Crippen molar-refractivity contribution in [2.24, 2.45) is 0 Å². The molecule has 78 heavy (non-hydrogen) atoms. The second-order valence-electron chi connectivity index (χ2n) is 20.4. The lowest BCUT2D eigenvalue weighted by atomic mass is 10.0. The van der Waals surface area contributed by atoms with Crippen molar-refractivity contribution in [3.63, 3.8) is 0 Å². The summed E-state index contributed by atoms with van der Waals surface area (Å²) in [6, 6.07) is 0. The number of hydrogen-bond acceptors (Lipinski definition) is 5. The van der Waals surface area contributed by atoms with Crippen LogP contribution in [-0.4, -0.2) is 36.4 Å². The summed E-state index contributed by atoms with van der Waals surface area (Å²) < 4.78 is 10.7. The minimum atomic E-state index is -0.793. The predicted octanol–water partition coefficient (Wildman–Crippen LogP) is 22.1. The SMILES string of the molecule is CC/C=C\C/C=C\C/C=C\C/C=C\C/C=C\C/C=C\C/C=C\C/C=C\C/C=C\CCCCCCCCCC(=O)OC(CO)COC(=O)CCCCCCCCCCCCCCC/C=C\C/C=C\C/C=C\C/C=C\C/C=C\CC. The Morgan fingerprint density at radius 3 is 0.769 bits per heavy atom. The number of aliphatic hydroxyl groups is 1. The van der Waals surface area contributed by atoms with Gasteiger partial charge >= 0.3 is 11.9 Å². The van der Waals surface area contributed by atoms with E-state index >= 15 is 0 Å². The summed E-state index contributed by atoms with van der Waals surface area (Å²) in [5, 5.41) is 9.68. The van der Waals surface area contributed by atoms with E-state index in [0.717, 1.165) is 135 Å². The van der Waals surface area contributed by atoms with Gasteiger partial charge < -0.3 is 14.6 Å². The largest absolute Gasteiger partial charge is 0.462 e. The molecule has 0 amide bonds. The van der Waals surface area contributed by atoms with Gasteiger partial charge in [0.15, 0.2) is 6.10 Å². The summed E-state index contributed by atoms with van der Waals surface area (Å²) in [6.45, 7) is 3.90. The molecule has 438 valence electrons. The van der Waals surface area contributed by atoms with Crippen LogP contribution in [0, 0.1) is 0 Å². The summed E-state index contributed by atoms with van der Waals surface area (Å²) >= 11 is 0. The highest BCUT2D eigenvalue weighted by molar-refractivity contribution is 5.70. The highest BCUT2D eigenvalue weighted by atomic mass is 16.6. The van der Waals surface area contributed by atoms with E-state index in [1.807, 2.05) is 0 Å². The highest BCUT2D eigenvalue weighted by Gasteiger charge is 2.16. The summed E-state index contributed by atoms with van der Waals surface area (Å²) in [5.41, 5.74) is 0. The standard InChI is InChI=1S/C73H116O5/c1-3-5-7-9-11-13-15-17-19-21-23-25-27-29-31-33-34-35-36-37-38-40-42-44-46-48-50-52-54-56-58-60-62-64-66-68-73(76)78-71(69-74)70-77-72(75)67-65-63-61-59-57-55-53-51-49-47-45-43-41-39-32-30-28-26-24-22-20-18-16-14-12-10-8-6-4-2/h5-8,11-14,17-20,23-26,29-32,34-35,37-38,42,44,48,50,71,74H,3-4,9-10,15-16,21-22,27-28,33,36,39-41,43,45-47,49,51-70H2,1-2H3/b7-5-,8-6-,13-11-,14-12-,19-17-,20-18-,25-23-,26-24-,31-29-,32-30-,35-34-,38-37-,44-42-,50-48-.